The van der Waals surface area contributed by atoms with Crippen molar-refractivity contribution in [3.8, 4) is 0 Å². The minimum absolute atomic E-state index is 0.0854. The van der Waals surface area contributed by atoms with Gasteiger partial charge in [-0.05, 0) is 17.4 Å². The summed E-state index contributed by atoms with van der Waals surface area (Å²) in [5, 5.41) is 0.444. The van der Waals surface area contributed by atoms with E-state index in [0.717, 1.165) is 5.57 Å². The molecule has 1 aliphatic heterocycles. The Morgan fingerprint density at radius 3 is 3.14 bits per heavy atom. The van der Waals surface area contributed by atoms with E-state index in [1.54, 1.807) is 0 Å². The summed E-state index contributed by atoms with van der Waals surface area (Å²) in [6, 6.07) is 0. The van der Waals surface area contributed by atoms with E-state index in [1.807, 2.05) is 12.2 Å². The first kappa shape index (κ1) is 8.69. The largest absolute Gasteiger partial charge is 0.365 e. The molecule has 0 N–H and O–H groups in total. The van der Waals surface area contributed by atoms with E-state index in [4.69, 9.17) is 16.3 Å². The highest BCUT2D eigenvalue weighted by Crippen LogP contribution is 2.46. The first-order valence-electron chi connectivity index (χ1n) is 4.95. The van der Waals surface area contributed by atoms with Gasteiger partial charge in [-0.15, -0.1) is 0 Å². The summed E-state index contributed by atoms with van der Waals surface area (Å²) in [6.07, 6.45) is 5.14. The maximum absolute atomic E-state index is 11.5. The number of ether oxygens (including phenoxy) is 1. The molecule has 3 heteroatoms. The van der Waals surface area contributed by atoms with E-state index in [9.17, 15) is 4.79 Å². The Kier molecular flexibility index (Phi) is 1.68. The molecule has 0 unspecified atom stereocenters. The number of allylic oxidation sites excluding steroid dienone is 3. The number of epoxide rings is 1. The summed E-state index contributed by atoms with van der Waals surface area (Å²) < 4.78 is 5.48. The van der Waals surface area contributed by atoms with E-state index in [-0.39, 0.29) is 17.8 Å². The van der Waals surface area contributed by atoms with Gasteiger partial charge in [0, 0.05) is 6.42 Å². The summed E-state index contributed by atoms with van der Waals surface area (Å²) >= 11 is 5.97. The number of fused-ring (bicyclic) bond motifs is 2. The third-order valence-corrected chi connectivity index (χ3v) is 3.91. The van der Waals surface area contributed by atoms with Gasteiger partial charge in [-0.3, -0.25) is 4.79 Å². The van der Waals surface area contributed by atoms with E-state index in [1.165, 1.54) is 0 Å². The van der Waals surface area contributed by atoms with Crippen LogP contribution in [-0.4, -0.2) is 18.0 Å². The second-order valence-electron chi connectivity index (χ2n) is 4.29. The number of ketones is 1. The molecule has 1 fully saturated rings. The summed E-state index contributed by atoms with van der Waals surface area (Å²) in [4.78, 5) is 11.5. The molecule has 14 heavy (non-hydrogen) atoms. The van der Waals surface area contributed by atoms with Crippen molar-refractivity contribution >= 4 is 17.4 Å². The van der Waals surface area contributed by atoms with Gasteiger partial charge in [0.25, 0.3) is 0 Å². The molecule has 3 rings (SSSR count). The molecular weight excluding hydrogens is 200 g/mol. The summed E-state index contributed by atoms with van der Waals surface area (Å²) in [5.74, 6) is 0.774. The maximum Gasteiger partial charge on any atom is 0.175 e. The molecule has 3 aliphatic rings. The molecule has 0 aromatic rings. The van der Waals surface area contributed by atoms with Crippen LogP contribution >= 0.6 is 11.6 Å². The molecule has 1 heterocycles. The molecule has 74 valence electrons. The van der Waals surface area contributed by atoms with Crippen LogP contribution in [0.2, 0.25) is 0 Å². The topological polar surface area (TPSA) is 29.6 Å². The number of carbonyl (C=O) groups excluding carboxylic acids is 1. The van der Waals surface area contributed by atoms with Gasteiger partial charge in [-0.25, -0.2) is 0 Å². The second kappa shape index (κ2) is 2.71. The Hall–Kier alpha value is -0.600. The Balaban J connectivity index is 2.04. The lowest BCUT2D eigenvalue weighted by Gasteiger charge is -2.16. The number of Topliss-reactive ketones (excluding diaryl/α,β-unsaturated/α-hetero) is 1. The SMILES string of the molecule is C[C@H]1[C@H]2O[C@H]2C=CC2=C(Cl)C(=O)C[C@@H]21. The van der Waals surface area contributed by atoms with Gasteiger partial charge < -0.3 is 4.74 Å². The molecule has 0 radical (unpaired) electrons. The lowest BCUT2D eigenvalue weighted by Crippen LogP contribution is -2.17. The fraction of sp³-hybridized carbons (Fsp3) is 0.545. The highest BCUT2D eigenvalue weighted by molar-refractivity contribution is 6.44. The molecule has 2 aliphatic carbocycles. The molecule has 0 aromatic carbocycles. The summed E-state index contributed by atoms with van der Waals surface area (Å²) in [6.45, 7) is 2.14. The van der Waals surface area contributed by atoms with Crippen LogP contribution in [0.4, 0.5) is 0 Å². The zero-order valence-corrected chi connectivity index (χ0v) is 8.62. The minimum Gasteiger partial charge on any atom is -0.365 e. The number of carbonyl (C=O) groups is 1. The van der Waals surface area contributed by atoms with Crippen molar-refractivity contribution in [2.24, 2.45) is 11.8 Å². The summed E-state index contributed by atoms with van der Waals surface area (Å²) in [5.41, 5.74) is 1.03. The van der Waals surface area contributed by atoms with Crippen molar-refractivity contribution in [2.75, 3.05) is 0 Å². The van der Waals surface area contributed by atoms with Gasteiger partial charge in [-0.2, -0.15) is 0 Å². The number of hydrogen-bond donors (Lipinski definition) is 0. The van der Waals surface area contributed by atoms with Crippen LogP contribution in [0.25, 0.3) is 0 Å². The van der Waals surface area contributed by atoms with Gasteiger partial charge in [0.15, 0.2) is 5.78 Å². The van der Waals surface area contributed by atoms with Crippen LogP contribution in [0.3, 0.4) is 0 Å². The lowest BCUT2D eigenvalue weighted by atomic mass is 9.87. The van der Waals surface area contributed by atoms with Crippen molar-refractivity contribution in [1.82, 2.24) is 0 Å². The van der Waals surface area contributed by atoms with Gasteiger partial charge in [0.05, 0.1) is 11.1 Å². The Labute approximate surface area is 87.6 Å². The zero-order chi connectivity index (χ0) is 9.87. The fourth-order valence-corrected chi connectivity index (χ4v) is 2.81. The standard InChI is InChI=1S/C11H11ClO2/c1-5-7-4-8(13)10(12)6(7)2-3-9-11(5)14-9/h2-3,5,7,9,11H,4H2,1H3/t5-,7-,9+,11-/m1/s1. The molecule has 0 aromatic heterocycles. The molecular formula is C11H11ClO2. The number of halogens is 1. The monoisotopic (exact) mass is 210 g/mol. The highest BCUT2D eigenvalue weighted by Gasteiger charge is 2.49. The van der Waals surface area contributed by atoms with E-state index in [0.29, 0.717) is 23.5 Å². The van der Waals surface area contributed by atoms with Crippen LogP contribution in [0, 0.1) is 11.8 Å². The molecule has 0 amide bonds. The maximum atomic E-state index is 11.5. The van der Waals surface area contributed by atoms with Crippen molar-refractivity contribution < 1.29 is 9.53 Å². The van der Waals surface area contributed by atoms with E-state index in [2.05, 4.69) is 6.92 Å². The van der Waals surface area contributed by atoms with Crippen molar-refractivity contribution in [3.63, 3.8) is 0 Å². The Morgan fingerprint density at radius 1 is 1.57 bits per heavy atom. The first-order chi connectivity index (χ1) is 6.68. The quantitative estimate of drug-likeness (QED) is 0.573. The molecule has 4 atom stereocenters. The van der Waals surface area contributed by atoms with Crippen LogP contribution < -0.4 is 0 Å². The molecule has 2 nitrogen and oxygen atoms in total. The smallest absolute Gasteiger partial charge is 0.175 e. The predicted octanol–water partition coefficient (Wildman–Crippen LogP) is 2.04. The third kappa shape index (κ3) is 1.04. The fourth-order valence-electron chi connectivity index (χ4n) is 2.53. The van der Waals surface area contributed by atoms with Gasteiger partial charge in [-0.1, -0.05) is 30.7 Å². The lowest BCUT2D eigenvalue weighted by molar-refractivity contribution is -0.115. The van der Waals surface area contributed by atoms with Crippen LogP contribution in [-0.2, 0) is 9.53 Å². The van der Waals surface area contributed by atoms with Crippen LogP contribution in [0.5, 0.6) is 0 Å². The zero-order valence-electron chi connectivity index (χ0n) is 7.87. The molecule has 0 spiro atoms. The van der Waals surface area contributed by atoms with Crippen molar-refractivity contribution in [3.05, 3.63) is 22.8 Å². The highest BCUT2D eigenvalue weighted by atomic mass is 35.5. The average molecular weight is 211 g/mol. The van der Waals surface area contributed by atoms with Gasteiger partial charge >= 0.3 is 0 Å². The van der Waals surface area contributed by atoms with Crippen LogP contribution in [0.1, 0.15) is 13.3 Å². The minimum atomic E-state index is 0.0854. The first-order valence-corrected chi connectivity index (χ1v) is 5.33. The van der Waals surface area contributed by atoms with Crippen molar-refractivity contribution in [2.45, 2.75) is 25.6 Å². The summed E-state index contributed by atoms with van der Waals surface area (Å²) in [7, 11) is 0. The third-order valence-electron chi connectivity index (χ3n) is 3.48. The molecule has 0 bridgehead atoms. The van der Waals surface area contributed by atoms with Crippen LogP contribution in [0.15, 0.2) is 22.8 Å². The van der Waals surface area contributed by atoms with Crippen molar-refractivity contribution in [1.29, 1.82) is 0 Å². The Bertz CT molecular complexity index is 369. The van der Waals surface area contributed by atoms with E-state index >= 15 is 0 Å². The molecule has 1 saturated heterocycles. The Morgan fingerprint density at radius 2 is 2.36 bits per heavy atom. The molecule has 0 saturated carbocycles. The van der Waals surface area contributed by atoms with Gasteiger partial charge in [0.1, 0.15) is 6.10 Å². The van der Waals surface area contributed by atoms with E-state index < -0.39 is 0 Å². The number of hydrogen-bond acceptors (Lipinski definition) is 2. The average Bonchev–Trinajstić information content (AvgIpc) is 2.88. The second-order valence-corrected chi connectivity index (χ2v) is 4.66. The predicted molar refractivity (Wildman–Crippen MR) is 53.0 cm³/mol. The normalized spacial score (nSPS) is 44.9. The van der Waals surface area contributed by atoms with Gasteiger partial charge in [0.2, 0.25) is 0 Å². The number of rotatable bonds is 0.